The molecule has 2 rings (SSSR count). The number of benzene rings is 1. The number of halogens is 1. The zero-order valence-electron chi connectivity index (χ0n) is 12.6. The Kier molecular flexibility index (Phi) is 6.42. The van der Waals surface area contributed by atoms with Gasteiger partial charge in [0.1, 0.15) is 0 Å². The van der Waals surface area contributed by atoms with Crippen LogP contribution in [-0.2, 0) is 6.54 Å². The summed E-state index contributed by atoms with van der Waals surface area (Å²) in [6, 6.07) is 5.33. The molecular formula is C16H25FN2O2. The molecule has 0 amide bonds. The molecule has 1 aliphatic rings. The molecule has 1 atom stereocenters. The Hall–Kier alpha value is -1.17. The molecule has 118 valence electrons. The fourth-order valence-corrected chi connectivity index (χ4v) is 2.84. The van der Waals surface area contributed by atoms with Gasteiger partial charge in [-0.15, -0.1) is 0 Å². The van der Waals surface area contributed by atoms with Crippen LogP contribution >= 0.6 is 0 Å². The fourth-order valence-electron chi connectivity index (χ4n) is 2.84. The van der Waals surface area contributed by atoms with Crippen LogP contribution in [0.25, 0.3) is 0 Å². The quantitative estimate of drug-likeness (QED) is 0.753. The second kappa shape index (κ2) is 8.32. The van der Waals surface area contributed by atoms with E-state index in [2.05, 4.69) is 10.2 Å². The monoisotopic (exact) mass is 296 g/mol. The van der Waals surface area contributed by atoms with Crippen LogP contribution in [0.15, 0.2) is 18.2 Å². The summed E-state index contributed by atoms with van der Waals surface area (Å²) >= 11 is 0. The number of nitrogens with zero attached hydrogens (tertiary/aromatic N) is 1. The summed E-state index contributed by atoms with van der Waals surface area (Å²) in [7, 11) is 1.46. The number of aliphatic hydroxyl groups excluding tert-OH is 1. The van der Waals surface area contributed by atoms with Gasteiger partial charge in [-0.05, 0) is 37.1 Å². The molecule has 0 aromatic heterocycles. The highest BCUT2D eigenvalue weighted by Gasteiger charge is 2.20. The number of nitrogens with one attached hydrogen (secondary N) is 1. The van der Waals surface area contributed by atoms with Gasteiger partial charge in [0.2, 0.25) is 0 Å². The Labute approximate surface area is 125 Å². The number of hydrogen-bond acceptors (Lipinski definition) is 4. The largest absolute Gasteiger partial charge is 0.494 e. The van der Waals surface area contributed by atoms with Crippen molar-refractivity contribution in [3.05, 3.63) is 29.6 Å². The molecular weight excluding hydrogens is 271 g/mol. The lowest BCUT2D eigenvalue weighted by atomic mass is 10.0. The average molecular weight is 296 g/mol. The van der Waals surface area contributed by atoms with E-state index in [1.54, 1.807) is 6.07 Å². The molecule has 0 bridgehead atoms. The second-order valence-corrected chi connectivity index (χ2v) is 5.51. The molecule has 1 unspecified atom stereocenters. The highest BCUT2D eigenvalue weighted by atomic mass is 19.1. The van der Waals surface area contributed by atoms with Crippen LogP contribution in [-0.4, -0.2) is 49.4 Å². The Bertz CT molecular complexity index is 442. The van der Waals surface area contributed by atoms with E-state index in [-0.39, 0.29) is 18.2 Å². The first kappa shape index (κ1) is 16.2. The molecule has 1 saturated heterocycles. The van der Waals surface area contributed by atoms with Gasteiger partial charge in [0.25, 0.3) is 0 Å². The molecule has 21 heavy (non-hydrogen) atoms. The highest BCUT2D eigenvalue weighted by molar-refractivity contribution is 5.29. The van der Waals surface area contributed by atoms with Gasteiger partial charge in [0, 0.05) is 25.7 Å². The van der Waals surface area contributed by atoms with Gasteiger partial charge in [0.05, 0.1) is 13.7 Å². The van der Waals surface area contributed by atoms with Gasteiger partial charge in [-0.25, -0.2) is 4.39 Å². The van der Waals surface area contributed by atoms with Gasteiger partial charge in [0.15, 0.2) is 11.6 Å². The standard InChI is InChI=1S/C16H25FN2O2/c1-21-16-6-5-13(10-15(16)17)11-18-7-9-19-8-3-2-4-14(19)12-20/h5-6,10,14,18,20H,2-4,7-9,11-12H2,1H3. The number of aliphatic hydroxyl groups is 1. The van der Waals surface area contributed by atoms with Gasteiger partial charge < -0.3 is 15.2 Å². The Morgan fingerprint density at radius 3 is 3.00 bits per heavy atom. The lowest BCUT2D eigenvalue weighted by Crippen LogP contribution is -2.44. The minimum Gasteiger partial charge on any atom is -0.494 e. The molecule has 0 radical (unpaired) electrons. The summed E-state index contributed by atoms with van der Waals surface area (Å²) in [4.78, 5) is 2.34. The zero-order valence-corrected chi connectivity index (χ0v) is 12.6. The highest BCUT2D eigenvalue weighted by Crippen LogP contribution is 2.18. The Morgan fingerprint density at radius 1 is 1.43 bits per heavy atom. The van der Waals surface area contributed by atoms with E-state index in [1.165, 1.54) is 26.0 Å². The van der Waals surface area contributed by atoms with E-state index in [1.807, 2.05) is 6.07 Å². The Balaban J connectivity index is 1.73. The van der Waals surface area contributed by atoms with Crippen LogP contribution in [0.3, 0.4) is 0 Å². The van der Waals surface area contributed by atoms with Gasteiger partial charge in [-0.2, -0.15) is 0 Å². The summed E-state index contributed by atoms with van der Waals surface area (Å²) < 4.78 is 18.5. The molecule has 4 nitrogen and oxygen atoms in total. The molecule has 2 N–H and O–H groups in total. The average Bonchev–Trinajstić information content (AvgIpc) is 2.52. The van der Waals surface area contributed by atoms with Crippen molar-refractivity contribution in [1.82, 2.24) is 10.2 Å². The second-order valence-electron chi connectivity index (χ2n) is 5.51. The predicted octanol–water partition coefficient (Wildman–Crippen LogP) is 1.77. The molecule has 0 saturated carbocycles. The maximum absolute atomic E-state index is 13.6. The molecule has 1 fully saturated rings. The predicted molar refractivity (Wildman–Crippen MR) is 81.0 cm³/mol. The fraction of sp³-hybridized carbons (Fsp3) is 0.625. The normalized spacial score (nSPS) is 19.7. The number of methoxy groups -OCH3 is 1. The van der Waals surface area contributed by atoms with Crippen LogP contribution in [0, 0.1) is 5.82 Å². The molecule has 0 spiro atoms. The van der Waals surface area contributed by atoms with Crippen molar-refractivity contribution < 1.29 is 14.2 Å². The van der Waals surface area contributed by atoms with Gasteiger partial charge in [-0.3, -0.25) is 4.90 Å². The summed E-state index contributed by atoms with van der Waals surface area (Å²) in [5, 5.41) is 12.7. The summed E-state index contributed by atoms with van der Waals surface area (Å²) in [5.41, 5.74) is 0.908. The van der Waals surface area contributed by atoms with Crippen molar-refractivity contribution in [3.8, 4) is 5.75 Å². The van der Waals surface area contributed by atoms with Crippen molar-refractivity contribution in [2.75, 3.05) is 33.4 Å². The Morgan fingerprint density at radius 2 is 2.29 bits per heavy atom. The number of rotatable bonds is 7. The summed E-state index contributed by atoms with van der Waals surface area (Å²) in [6.45, 7) is 3.69. The first-order chi connectivity index (χ1) is 10.2. The van der Waals surface area contributed by atoms with E-state index in [0.29, 0.717) is 12.6 Å². The van der Waals surface area contributed by atoms with E-state index < -0.39 is 0 Å². The maximum Gasteiger partial charge on any atom is 0.165 e. The third kappa shape index (κ3) is 4.66. The van der Waals surface area contributed by atoms with Crippen LogP contribution in [0.1, 0.15) is 24.8 Å². The van der Waals surface area contributed by atoms with Crippen LogP contribution in [0.5, 0.6) is 5.75 Å². The molecule has 1 aromatic carbocycles. The van der Waals surface area contributed by atoms with Gasteiger partial charge >= 0.3 is 0 Å². The number of hydrogen-bond donors (Lipinski definition) is 2. The third-order valence-electron chi connectivity index (χ3n) is 4.08. The van der Waals surface area contributed by atoms with E-state index in [4.69, 9.17) is 4.74 Å². The van der Waals surface area contributed by atoms with Gasteiger partial charge in [-0.1, -0.05) is 12.5 Å². The topological polar surface area (TPSA) is 44.7 Å². The van der Waals surface area contributed by atoms with E-state index in [0.717, 1.165) is 31.6 Å². The van der Waals surface area contributed by atoms with Crippen LogP contribution in [0.4, 0.5) is 4.39 Å². The van der Waals surface area contributed by atoms with Crippen molar-refractivity contribution in [2.24, 2.45) is 0 Å². The molecule has 0 aliphatic carbocycles. The number of likely N-dealkylation sites (tertiary alicyclic amines) is 1. The van der Waals surface area contributed by atoms with E-state index >= 15 is 0 Å². The minimum absolute atomic E-state index is 0.240. The lowest BCUT2D eigenvalue weighted by molar-refractivity contribution is 0.0910. The lowest BCUT2D eigenvalue weighted by Gasteiger charge is -2.34. The SMILES string of the molecule is COc1ccc(CNCCN2CCCCC2CO)cc1F. The maximum atomic E-state index is 13.6. The van der Waals surface area contributed by atoms with Crippen molar-refractivity contribution in [1.29, 1.82) is 0 Å². The van der Waals surface area contributed by atoms with E-state index in [9.17, 15) is 9.50 Å². The smallest absolute Gasteiger partial charge is 0.165 e. The summed E-state index contributed by atoms with van der Waals surface area (Å²) in [6.07, 6.45) is 3.50. The van der Waals surface area contributed by atoms with Crippen LogP contribution in [0.2, 0.25) is 0 Å². The van der Waals surface area contributed by atoms with Crippen molar-refractivity contribution in [2.45, 2.75) is 31.8 Å². The molecule has 5 heteroatoms. The minimum atomic E-state index is -0.326. The van der Waals surface area contributed by atoms with Crippen molar-refractivity contribution in [3.63, 3.8) is 0 Å². The number of piperidine rings is 1. The first-order valence-electron chi connectivity index (χ1n) is 7.62. The third-order valence-corrected chi connectivity index (χ3v) is 4.08. The van der Waals surface area contributed by atoms with Crippen molar-refractivity contribution >= 4 is 0 Å². The molecule has 1 heterocycles. The first-order valence-corrected chi connectivity index (χ1v) is 7.62. The van der Waals surface area contributed by atoms with Crippen LogP contribution < -0.4 is 10.1 Å². The zero-order chi connectivity index (χ0) is 15.1. The molecule has 1 aromatic rings. The molecule has 1 aliphatic heterocycles. The summed E-state index contributed by atoms with van der Waals surface area (Å²) in [5.74, 6) is -0.0500. The number of ether oxygens (including phenoxy) is 1.